The van der Waals surface area contributed by atoms with Gasteiger partial charge in [-0.3, -0.25) is 9.59 Å². The minimum Gasteiger partial charge on any atom is -0.468 e. The Morgan fingerprint density at radius 2 is 1.97 bits per heavy atom. The fraction of sp³-hybridized carbons (Fsp3) is 0.742. The van der Waals surface area contributed by atoms with Crippen molar-refractivity contribution in [2.75, 3.05) is 19.0 Å². The van der Waals surface area contributed by atoms with Gasteiger partial charge >= 0.3 is 5.97 Å². The lowest BCUT2D eigenvalue weighted by Crippen LogP contribution is -2.44. The van der Waals surface area contributed by atoms with Crippen LogP contribution >= 0.6 is 15.9 Å². The van der Waals surface area contributed by atoms with E-state index in [1.807, 2.05) is 0 Å². The second-order valence-corrected chi connectivity index (χ2v) is 12.9. The topological polar surface area (TPSA) is 61.8 Å². The summed E-state index contributed by atoms with van der Waals surface area (Å²) in [6.45, 7) is 2.94. The van der Waals surface area contributed by atoms with E-state index in [0.29, 0.717) is 24.7 Å². The van der Waals surface area contributed by atoms with E-state index in [1.165, 1.54) is 18.2 Å². The van der Waals surface area contributed by atoms with Crippen molar-refractivity contribution >= 4 is 27.7 Å². The Kier molecular flexibility index (Phi) is 8.36. The summed E-state index contributed by atoms with van der Waals surface area (Å²) in [5.74, 6) is 1.89. The van der Waals surface area contributed by atoms with Crippen LogP contribution in [-0.2, 0) is 25.5 Å². The van der Waals surface area contributed by atoms with Crippen molar-refractivity contribution in [3.8, 4) is 5.75 Å². The maximum Gasteiger partial charge on any atom is 0.319 e. The molecule has 3 fully saturated rings. The summed E-state index contributed by atoms with van der Waals surface area (Å²) < 4.78 is 17.3. The van der Waals surface area contributed by atoms with E-state index in [2.05, 4.69) is 41.1 Å². The molecule has 6 heteroatoms. The van der Waals surface area contributed by atoms with Crippen molar-refractivity contribution in [1.29, 1.82) is 0 Å². The number of methoxy groups -OCH3 is 1. The monoisotopic (exact) mass is 574 g/mol. The van der Waals surface area contributed by atoms with Gasteiger partial charge in [-0.25, -0.2) is 0 Å². The number of benzene rings is 1. The molecule has 0 spiro atoms. The van der Waals surface area contributed by atoms with Crippen LogP contribution in [0.3, 0.4) is 0 Å². The van der Waals surface area contributed by atoms with Gasteiger partial charge in [0.05, 0.1) is 13.7 Å². The highest BCUT2D eigenvalue weighted by Crippen LogP contribution is 2.64. The summed E-state index contributed by atoms with van der Waals surface area (Å²) in [6, 6.07) is 6.60. The number of fused-ring (bicyclic) bond motifs is 5. The Bertz CT molecular complexity index is 988. The van der Waals surface area contributed by atoms with Crippen LogP contribution in [-0.4, -0.2) is 37.1 Å². The number of hydrogen-bond acceptors (Lipinski definition) is 5. The lowest BCUT2D eigenvalue weighted by Gasteiger charge is -2.48. The first-order chi connectivity index (χ1) is 17.9. The van der Waals surface area contributed by atoms with E-state index in [1.54, 1.807) is 0 Å². The lowest BCUT2D eigenvalue weighted by atomic mass is 9.55. The zero-order valence-electron chi connectivity index (χ0n) is 22.6. The third kappa shape index (κ3) is 5.02. The van der Waals surface area contributed by atoms with Crippen LogP contribution in [0.15, 0.2) is 18.2 Å². The van der Waals surface area contributed by atoms with E-state index in [0.717, 1.165) is 88.3 Å². The molecule has 1 aromatic carbocycles. The molecular weight excluding hydrogens is 532 g/mol. The average Bonchev–Trinajstić information content (AvgIpc) is 3.16. The highest BCUT2D eigenvalue weighted by molar-refractivity contribution is 9.09. The van der Waals surface area contributed by atoms with Crippen molar-refractivity contribution in [1.82, 2.24) is 0 Å². The molecule has 1 aliphatic heterocycles. The fourth-order valence-corrected chi connectivity index (χ4v) is 8.54. The summed E-state index contributed by atoms with van der Waals surface area (Å²) in [5.41, 5.74) is 1.42. The number of carbonyl (C=O) groups is 2. The third-order valence-electron chi connectivity index (χ3n) is 10.1. The van der Waals surface area contributed by atoms with Crippen LogP contribution in [0.25, 0.3) is 0 Å². The maximum absolute atomic E-state index is 14.1. The number of alkyl halides is 1. The molecule has 3 aliphatic carbocycles. The van der Waals surface area contributed by atoms with Gasteiger partial charge in [0.1, 0.15) is 11.2 Å². The Balaban J connectivity index is 1.34. The predicted molar refractivity (Wildman–Crippen MR) is 147 cm³/mol. The van der Waals surface area contributed by atoms with Crippen LogP contribution in [0.5, 0.6) is 5.75 Å². The normalized spacial score (nSPS) is 34.8. The van der Waals surface area contributed by atoms with Crippen LogP contribution in [0, 0.1) is 22.7 Å². The van der Waals surface area contributed by atoms with E-state index in [9.17, 15) is 9.59 Å². The highest BCUT2D eigenvalue weighted by Gasteiger charge is 2.66. The van der Waals surface area contributed by atoms with Crippen molar-refractivity contribution < 1.29 is 23.8 Å². The van der Waals surface area contributed by atoms with Gasteiger partial charge in [-0.2, -0.15) is 0 Å². The number of halogens is 1. The average molecular weight is 576 g/mol. The zero-order chi connectivity index (χ0) is 26.0. The molecule has 1 unspecified atom stereocenters. The first-order valence-corrected chi connectivity index (χ1v) is 15.7. The van der Waals surface area contributed by atoms with Crippen LogP contribution in [0.4, 0.5) is 0 Å². The molecule has 1 aromatic rings. The van der Waals surface area contributed by atoms with Gasteiger partial charge in [0.15, 0.2) is 12.1 Å². The van der Waals surface area contributed by atoms with Crippen LogP contribution in [0.2, 0.25) is 0 Å². The summed E-state index contributed by atoms with van der Waals surface area (Å²) >= 11 is 3.50. The summed E-state index contributed by atoms with van der Waals surface area (Å²) in [5, 5.41) is 1.00. The van der Waals surface area contributed by atoms with Crippen molar-refractivity contribution in [2.24, 2.45) is 22.7 Å². The number of aryl methyl sites for hydroxylation is 1. The molecule has 1 heterocycles. The van der Waals surface area contributed by atoms with E-state index in [-0.39, 0.29) is 24.0 Å². The molecule has 5 rings (SSSR count). The van der Waals surface area contributed by atoms with Crippen molar-refractivity contribution in [2.45, 2.75) is 103 Å². The fourth-order valence-electron chi connectivity index (χ4n) is 8.15. The molecule has 0 N–H and O–H groups in total. The predicted octanol–water partition coefficient (Wildman–Crippen LogP) is 7.13. The Hall–Kier alpha value is -1.40. The summed E-state index contributed by atoms with van der Waals surface area (Å²) in [6.07, 6.45) is 12.5. The molecule has 204 valence electrons. The van der Waals surface area contributed by atoms with Gasteiger partial charge in [-0.05, 0) is 98.8 Å². The molecule has 0 radical (unpaired) electrons. The minimum atomic E-state index is -0.963. The molecule has 1 saturated heterocycles. The number of hydrogen-bond donors (Lipinski definition) is 0. The Labute approximate surface area is 230 Å². The number of esters is 1. The molecule has 0 aromatic heterocycles. The van der Waals surface area contributed by atoms with Gasteiger partial charge in [0.25, 0.3) is 0 Å². The molecule has 4 aliphatic rings. The molecule has 6 atom stereocenters. The molecule has 0 bridgehead atoms. The van der Waals surface area contributed by atoms with Crippen molar-refractivity contribution in [3.63, 3.8) is 0 Å². The minimum absolute atomic E-state index is 0.131. The summed E-state index contributed by atoms with van der Waals surface area (Å²) in [4.78, 5) is 27.4. The third-order valence-corrected chi connectivity index (χ3v) is 10.6. The van der Waals surface area contributed by atoms with Gasteiger partial charge in [-0.1, -0.05) is 48.2 Å². The Morgan fingerprint density at radius 3 is 2.73 bits per heavy atom. The van der Waals surface area contributed by atoms with E-state index >= 15 is 0 Å². The summed E-state index contributed by atoms with van der Waals surface area (Å²) in [7, 11) is 1.45. The van der Waals surface area contributed by atoms with E-state index in [4.69, 9.17) is 14.2 Å². The largest absolute Gasteiger partial charge is 0.468 e. The SMILES string of the molecule is COC(=O)[C@@]1(CCCCCCBr)C[C@H]2[C@@H]3CCc4cc(OC5CCCCO5)ccc4[C@H]3CC[C@]2(C)C1=O. The van der Waals surface area contributed by atoms with Gasteiger partial charge < -0.3 is 14.2 Å². The van der Waals surface area contributed by atoms with E-state index < -0.39 is 10.8 Å². The number of unbranched alkanes of at least 4 members (excludes halogenated alkanes) is 3. The number of rotatable bonds is 9. The first-order valence-electron chi connectivity index (χ1n) is 14.5. The molecule has 2 saturated carbocycles. The number of ketones is 1. The standard InChI is InChI=1S/C31H43BrO5/c1-30-16-14-24-23-13-11-22(37-27-9-5-8-18-36-27)19-21(23)10-12-25(24)26(30)20-31(28(30)33,29(34)35-2)15-6-3-4-7-17-32/h11,13,19,24-27H,3-10,12,14-18,20H2,1-2H3/t24-,25-,26+,27?,30+,31+/m1/s1. The van der Waals surface area contributed by atoms with Gasteiger partial charge in [0, 0.05) is 17.2 Å². The number of carbonyl (C=O) groups excluding carboxylic acids is 2. The lowest BCUT2D eigenvalue weighted by molar-refractivity contribution is -0.159. The second kappa shape index (κ2) is 11.4. The molecule has 0 amide bonds. The Morgan fingerprint density at radius 1 is 1.14 bits per heavy atom. The number of Topliss-reactive ketones (excluding diaryl/α,β-unsaturated/α-hetero) is 1. The van der Waals surface area contributed by atoms with Gasteiger partial charge in [-0.15, -0.1) is 0 Å². The van der Waals surface area contributed by atoms with Crippen molar-refractivity contribution in [3.05, 3.63) is 29.3 Å². The number of ether oxygens (including phenoxy) is 3. The highest BCUT2D eigenvalue weighted by atomic mass is 79.9. The van der Waals surface area contributed by atoms with Crippen LogP contribution in [0.1, 0.15) is 101 Å². The molecular formula is C31H43BrO5. The second-order valence-electron chi connectivity index (χ2n) is 12.1. The molecule has 5 nitrogen and oxygen atoms in total. The zero-order valence-corrected chi connectivity index (χ0v) is 24.2. The first kappa shape index (κ1) is 27.2. The van der Waals surface area contributed by atoms with Gasteiger partial charge in [0.2, 0.25) is 0 Å². The molecule has 37 heavy (non-hydrogen) atoms. The maximum atomic E-state index is 14.1. The quantitative estimate of drug-likeness (QED) is 0.136. The van der Waals surface area contributed by atoms with Crippen LogP contribution < -0.4 is 4.74 Å². The smallest absolute Gasteiger partial charge is 0.319 e.